The molecule has 2 rings (SSSR count). The summed E-state index contributed by atoms with van der Waals surface area (Å²) in [4.78, 5) is 29.0. The highest BCUT2D eigenvalue weighted by molar-refractivity contribution is 9.10. The van der Waals surface area contributed by atoms with Crippen LogP contribution in [0.3, 0.4) is 0 Å². The number of benzene rings is 1. The Balaban J connectivity index is 1.70. The zero-order valence-electron chi connectivity index (χ0n) is 13.1. The van der Waals surface area contributed by atoms with Crippen LogP contribution in [0, 0.1) is 0 Å². The average molecular weight is 393 g/mol. The van der Waals surface area contributed by atoms with Gasteiger partial charge >= 0.3 is 5.97 Å². The van der Waals surface area contributed by atoms with Gasteiger partial charge in [0.2, 0.25) is 0 Å². The van der Waals surface area contributed by atoms with E-state index in [1.165, 1.54) is 11.1 Å². The van der Waals surface area contributed by atoms with Gasteiger partial charge in [-0.25, -0.2) is 4.79 Å². The van der Waals surface area contributed by atoms with Crippen LogP contribution in [0.4, 0.5) is 0 Å². The molecule has 0 aliphatic rings. The third-order valence-corrected chi connectivity index (χ3v) is 3.69. The summed E-state index contributed by atoms with van der Waals surface area (Å²) in [5.41, 5.74) is 0.312. The number of ether oxygens (including phenoxy) is 2. The molecule has 1 aromatic heterocycles. The van der Waals surface area contributed by atoms with Gasteiger partial charge in [-0.1, -0.05) is 15.9 Å². The number of likely N-dealkylation sites (N-methyl/N-ethyl adjacent to an activating group) is 1. The number of hydrogen-bond donors (Lipinski definition) is 0. The van der Waals surface area contributed by atoms with E-state index in [1.54, 1.807) is 25.4 Å². The summed E-state index contributed by atoms with van der Waals surface area (Å²) in [6.45, 7) is 0.419. The number of amides is 1. The van der Waals surface area contributed by atoms with Gasteiger partial charge in [-0.3, -0.25) is 9.78 Å². The first-order valence-electron chi connectivity index (χ1n) is 7.26. The molecule has 0 unspecified atom stereocenters. The number of carbonyl (C=O) groups excluding carboxylic acids is 2. The van der Waals surface area contributed by atoms with E-state index in [-0.39, 0.29) is 12.5 Å². The zero-order chi connectivity index (χ0) is 17.4. The molecule has 0 atom stereocenters. The van der Waals surface area contributed by atoms with E-state index in [0.29, 0.717) is 18.7 Å². The molecule has 1 aromatic carbocycles. The number of carbonyl (C=O) groups is 2. The molecule has 0 saturated heterocycles. The second kappa shape index (κ2) is 9.02. The maximum atomic E-state index is 11.9. The number of rotatable bonds is 7. The molecular weight excluding hydrogens is 376 g/mol. The smallest absolute Gasteiger partial charge is 0.340 e. The lowest BCUT2D eigenvalue weighted by molar-refractivity contribution is -0.133. The maximum Gasteiger partial charge on any atom is 0.340 e. The molecule has 0 saturated carbocycles. The Labute approximate surface area is 148 Å². The quantitative estimate of drug-likeness (QED) is 0.677. The summed E-state index contributed by atoms with van der Waals surface area (Å²) >= 11 is 3.35. The number of aromatic nitrogens is 1. The summed E-state index contributed by atoms with van der Waals surface area (Å²) < 4.78 is 11.5. The topological polar surface area (TPSA) is 68.7 Å². The largest absolute Gasteiger partial charge is 0.492 e. The second-order valence-electron chi connectivity index (χ2n) is 4.94. The van der Waals surface area contributed by atoms with Crippen molar-refractivity contribution in [3.63, 3.8) is 0 Å². The minimum absolute atomic E-state index is 0.299. The van der Waals surface area contributed by atoms with Crippen LogP contribution in [0.15, 0.2) is 53.3 Å². The van der Waals surface area contributed by atoms with Crippen LogP contribution in [0.5, 0.6) is 5.75 Å². The molecule has 0 N–H and O–H groups in total. The van der Waals surface area contributed by atoms with Gasteiger partial charge in [0.1, 0.15) is 12.4 Å². The van der Waals surface area contributed by atoms with Gasteiger partial charge in [0, 0.05) is 23.9 Å². The molecule has 2 aromatic rings. The number of hydrogen-bond acceptors (Lipinski definition) is 5. The molecule has 0 spiro atoms. The van der Waals surface area contributed by atoms with Crippen molar-refractivity contribution in [3.8, 4) is 5.75 Å². The van der Waals surface area contributed by atoms with Crippen molar-refractivity contribution in [2.75, 3.05) is 26.8 Å². The van der Waals surface area contributed by atoms with Crippen LogP contribution in [-0.4, -0.2) is 48.6 Å². The summed E-state index contributed by atoms with van der Waals surface area (Å²) in [6.07, 6.45) is 2.95. The normalized spacial score (nSPS) is 10.1. The van der Waals surface area contributed by atoms with Crippen molar-refractivity contribution < 1.29 is 19.1 Å². The van der Waals surface area contributed by atoms with Crippen LogP contribution in [-0.2, 0) is 9.53 Å². The molecule has 1 amide bonds. The van der Waals surface area contributed by atoms with E-state index in [0.717, 1.165) is 10.2 Å². The lowest BCUT2D eigenvalue weighted by Crippen LogP contribution is -2.34. The molecule has 0 fully saturated rings. The Kier molecular flexibility index (Phi) is 6.74. The van der Waals surface area contributed by atoms with Crippen LogP contribution in [0.1, 0.15) is 10.4 Å². The average Bonchev–Trinajstić information content (AvgIpc) is 2.61. The molecule has 0 aliphatic heterocycles. The zero-order valence-corrected chi connectivity index (χ0v) is 14.7. The molecule has 0 aliphatic carbocycles. The molecule has 0 bridgehead atoms. The van der Waals surface area contributed by atoms with Crippen molar-refractivity contribution >= 4 is 27.8 Å². The monoisotopic (exact) mass is 392 g/mol. The standard InChI is InChI=1S/C17H17BrN2O4/c1-20(9-10-23-15-6-4-14(18)5-7-15)16(21)12-24-17(22)13-3-2-8-19-11-13/h2-8,11H,9-10,12H2,1H3. The highest BCUT2D eigenvalue weighted by Gasteiger charge is 2.13. The fraction of sp³-hybridized carbons (Fsp3) is 0.235. The minimum atomic E-state index is -0.573. The molecule has 1 heterocycles. The molecular formula is C17H17BrN2O4. The molecule has 6 nitrogen and oxygen atoms in total. The van der Waals surface area contributed by atoms with Crippen LogP contribution in [0.25, 0.3) is 0 Å². The lowest BCUT2D eigenvalue weighted by atomic mass is 10.3. The van der Waals surface area contributed by atoms with Crippen molar-refractivity contribution in [2.24, 2.45) is 0 Å². The highest BCUT2D eigenvalue weighted by Crippen LogP contribution is 2.15. The Bertz CT molecular complexity index is 677. The molecule has 0 radical (unpaired) electrons. The van der Waals surface area contributed by atoms with Gasteiger partial charge < -0.3 is 14.4 Å². The van der Waals surface area contributed by atoms with Gasteiger partial charge in [0.25, 0.3) is 5.91 Å². The van der Waals surface area contributed by atoms with E-state index in [2.05, 4.69) is 20.9 Å². The molecule has 24 heavy (non-hydrogen) atoms. The number of halogens is 1. The summed E-state index contributed by atoms with van der Waals surface area (Å²) in [5, 5.41) is 0. The number of nitrogens with zero attached hydrogens (tertiary/aromatic N) is 2. The first-order valence-corrected chi connectivity index (χ1v) is 8.05. The SMILES string of the molecule is CN(CCOc1ccc(Br)cc1)C(=O)COC(=O)c1cccnc1. The van der Waals surface area contributed by atoms with Gasteiger partial charge in [-0.2, -0.15) is 0 Å². The predicted molar refractivity (Wildman–Crippen MR) is 91.8 cm³/mol. The predicted octanol–water partition coefficient (Wildman–Crippen LogP) is 2.54. The Morgan fingerprint density at radius 2 is 1.96 bits per heavy atom. The van der Waals surface area contributed by atoms with Crippen molar-refractivity contribution in [1.29, 1.82) is 0 Å². The Morgan fingerprint density at radius 1 is 1.21 bits per heavy atom. The number of pyridine rings is 1. The van der Waals surface area contributed by atoms with E-state index < -0.39 is 5.97 Å². The Morgan fingerprint density at radius 3 is 2.62 bits per heavy atom. The van der Waals surface area contributed by atoms with Crippen LogP contribution >= 0.6 is 15.9 Å². The van der Waals surface area contributed by atoms with E-state index in [9.17, 15) is 9.59 Å². The van der Waals surface area contributed by atoms with Crippen LogP contribution < -0.4 is 4.74 Å². The van der Waals surface area contributed by atoms with E-state index in [1.807, 2.05) is 24.3 Å². The Hall–Kier alpha value is -2.41. The van der Waals surface area contributed by atoms with Crippen molar-refractivity contribution in [3.05, 3.63) is 58.8 Å². The number of esters is 1. The van der Waals surface area contributed by atoms with Crippen molar-refractivity contribution in [2.45, 2.75) is 0 Å². The summed E-state index contributed by atoms with van der Waals surface area (Å²) in [5.74, 6) is -0.148. The maximum absolute atomic E-state index is 11.9. The van der Waals surface area contributed by atoms with Gasteiger partial charge in [-0.15, -0.1) is 0 Å². The fourth-order valence-electron chi connectivity index (χ4n) is 1.76. The first kappa shape index (κ1) is 17.9. The first-order chi connectivity index (χ1) is 11.6. The van der Waals surface area contributed by atoms with Crippen molar-refractivity contribution in [1.82, 2.24) is 9.88 Å². The summed E-state index contributed by atoms with van der Waals surface area (Å²) in [7, 11) is 1.63. The highest BCUT2D eigenvalue weighted by atomic mass is 79.9. The molecule has 7 heteroatoms. The fourth-order valence-corrected chi connectivity index (χ4v) is 2.02. The molecule has 126 valence electrons. The van der Waals surface area contributed by atoms with Gasteiger partial charge in [0.15, 0.2) is 6.61 Å². The van der Waals surface area contributed by atoms with Gasteiger partial charge in [0.05, 0.1) is 12.1 Å². The van der Waals surface area contributed by atoms with Crippen LogP contribution in [0.2, 0.25) is 0 Å². The third kappa shape index (κ3) is 5.66. The van der Waals surface area contributed by atoms with E-state index >= 15 is 0 Å². The third-order valence-electron chi connectivity index (χ3n) is 3.16. The summed E-state index contributed by atoms with van der Waals surface area (Å²) in [6, 6.07) is 10.6. The minimum Gasteiger partial charge on any atom is -0.492 e. The van der Waals surface area contributed by atoms with Gasteiger partial charge in [-0.05, 0) is 36.4 Å². The second-order valence-corrected chi connectivity index (χ2v) is 5.85. The van der Waals surface area contributed by atoms with E-state index in [4.69, 9.17) is 9.47 Å². The lowest BCUT2D eigenvalue weighted by Gasteiger charge is -2.17.